The SMILES string of the molecule is NCc1ccc(F)c(-c2cccc(CC(=O)O)c2)c1. The molecule has 2 rings (SSSR count). The molecule has 0 saturated heterocycles. The molecule has 0 atom stereocenters. The molecule has 98 valence electrons. The van der Waals surface area contributed by atoms with Crippen LogP contribution in [0, 0.1) is 5.82 Å². The highest BCUT2D eigenvalue weighted by Gasteiger charge is 2.08. The van der Waals surface area contributed by atoms with Gasteiger partial charge in [-0.3, -0.25) is 4.79 Å². The second-order valence-corrected chi connectivity index (χ2v) is 4.29. The summed E-state index contributed by atoms with van der Waals surface area (Å²) in [6, 6.07) is 11.6. The van der Waals surface area contributed by atoms with E-state index in [1.165, 1.54) is 6.07 Å². The van der Waals surface area contributed by atoms with E-state index in [4.69, 9.17) is 10.8 Å². The monoisotopic (exact) mass is 259 g/mol. The number of hydrogen-bond donors (Lipinski definition) is 2. The number of nitrogens with two attached hydrogens (primary N) is 1. The van der Waals surface area contributed by atoms with Crippen LogP contribution in [0.1, 0.15) is 11.1 Å². The number of benzene rings is 2. The zero-order valence-corrected chi connectivity index (χ0v) is 10.3. The van der Waals surface area contributed by atoms with Gasteiger partial charge in [-0.25, -0.2) is 4.39 Å². The second kappa shape index (κ2) is 5.63. The van der Waals surface area contributed by atoms with Crippen LogP contribution in [0.25, 0.3) is 11.1 Å². The summed E-state index contributed by atoms with van der Waals surface area (Å²) in [4.78, 5) is 10.7. The highest BCUT2D eigenvalue weighted by Crippen LogP contribution is 2.25. The lowest BCUT2D eigenvalue weighted by atomic mass is 9.99. The molecule has 2 aromatic rings. The van der Waals surface area contributed by atoms with Gasteiger partial charge in [0.15, 0.2) is 0 Å². The van der Waals surface area contributed by atoms with E-state index in [0.717, 1.165) is 5.56 Å². The van der Waals surface area contributed by atoms with Crippen LogP contribution in [-0.2, 0) is 17.8 Å². The fraction of sp³-hybridized carbons (Fsp3) is 0.133. The lowest BCUT2D eigenvalue weighted by Crippen LogP contribution is -2.00. The van der Waals surface area contributed by atoms with E-state index in [2.05, 4.69) is 0 Å². The first-order valence-electron chi connectivity index (χ1n) is 5.90. The smallest absolute Gasteiger partial charge is 0.307 e. The van der Waals surface area contributed by atoms with Gasteiger partial charge in [0.05, 0.1) is 6.42 Å². The van der Waals surface area contributed by atoms with Crippen molar-refractivity contribution >= 4 is 5.97 Å². The molecule has 0 spiro atoms. The summed E-state index contributed by atoms with van der Waals surface area (Å²) in [6.07, 6.45) is -0.0773. The van der Waals surface area contributed by atoms with Crippen LogP contribution >= 0.6 is 0 Å². The Morgan fingerprint density at radius 3 is 2.63 bits per heavy atom. The van der Waals surface area contributed by atoms with E-state index in [1.807, 2.05) is 0 Å². The first-order valence-corrected chi connectivity index (χ1v) is 5.90. The highest BCUT2D eigenvalue weighted by molar-refractivity contribution is 5.72. The fourth-order valence-electron chi connectivity index (χ4n) is 1.94. The van der Waals surface area contributed by atoms with Crippen molar-refractivity contribution in [1.82, 2.24) is 0 Å². The Balaban J connectivity index is 2.43. The molecule has 0 radical (unpaired) electrons. The predicted octanol–water partition coefficient (Wildman–Crippen LogP) is 2.58. The summed E-state index contributed by atoms with van der Waals surface area (Å²) in [5.41, 5.74) is 8.12. The quantitative estimate of drug-likeness (QED) is 0.887. The average molecular weight is 259 g/mol. The lowest BCUT2D eigenvalue weighted by molar-refractivity contribution is -0.136. The van der Waals surface area contributed by atoms with Crippen molar-refractivity contribution in [1.29, 1.82) is 0 Å². The summed E-state index contributed by atoms with van der Waals surface area (Å²) in [5.74, 6) is -1.25. The lowest BCUT2D eigenvalue weighted by Gasteiger charge is -2.07. The van der Waals surface area contributed by atoms with Crippen LogP contribution in [0.2, 0.25) is 0 Å². The molecule has 0 aromatic heterocycles. The van der Waals surface area contributed by atoms with Gasteiger partial charge in [0.2, 0.25) is 0 Å². The third kappa shape index (κ3) is 3.17. The molecule has 0 aliphatic heterocycles. The summed E-state index contributed by atoms with van der Waals surface area (Å²) in [6.45, 7) is 0.335. The van der Waals surface area contributed by atoms with Crippen LogP contribution in [-0.4, -0.2) is 11.1 Å². The summed E-state index contributed by atoms with van der Waals surface area (Å²) < 4.78 is 13.8. The Morgan fingerprint density at radius 1 is 1.16 bits per heavy atom. The van der Waals surface area contributed by atoms with E-state index in [-0.39, 0.29) is 12.2 Å². The zero-order valence-electron chi connectivity index (χ0n) is 10.3. The van der Waals surface area contributed by atoms with Gasteiger partial charge >= 0.3 is 5.97 Å². The van der Waals surface area contributed by atoms with Crippen molar-refractivity contribution in [3.05, 3.63) is 59.4 Å². The Kier molecular flexibility index (Phi) is 3.92. The average Bonchev–Trinajstić information content (AvgIpc) is 2.39. The second-order valence-electron chi connectivity index (χ2n) is 4.29. The van der Waals surface area contributed by atoms with Crippen molar-refractivity contribution < 1.29 is 14.3 Å². The molecule has 0 fully saturated rings. The van der Waals surface area contributed by atoms with Crippen molar-refractivity contribution in [3.8, 4) is 11.1 Å². The highest BCUT2D eigenvalue weighted by atomic mass is 19.1. The number of halogens is 1. The van der Waals surface area contributed by atoms with Gasteiger partial charge in [-0.05, 0) is 28.8 Å². The minimum atomic E-state index is -0.909. The molecule has 0 saturated carbocycles. The van der Waals surface area contributed by atoms with Crippen LogP contribution in [0.15, 0.2) is 42.5 Å². The number of aliphatic carboxylic acids is 1. The summed E-state index contributed by atoms with van der Waals surface area (Å²) in [5, 5.41) is 8.77. The molecule has 0 aliphatic rings. The Hall–Kier alpha value is -2.20. The molecule has 3 N–H and O–H groups in total. The number of rotatable bonds is 4. The van der Waals surface area contributed by atoms with Gasteiger partial charge < -0.3 is 10.8 Å². The third-order valence-corrected chi connectivity index (χ3v) is 2.86. The molecule has 4 heteroatoms. The van der Waals surface area contributed by atoms with Crippen molar-refractivity contribution in [2.24, 2.45) is 5.73 Å². The van der Waals surface area contributed by atoms with Gasteiger partial charge in [0.1, 0.15) is 5.82 Å². The first kappa shape index (κ1) is 13.2. The van der Waals surface area contributed by atoms with Crippen molar-refractivity contribution in [3.63, 3.8) is 0 Å². The fourth-order valence-corrected chi connectivity index (χ4v) is 1.94. The molecule has 19 heavy (non-hydrogen) atoms. The first-order chi connectivity index (χ1) is 9.10. The van der Waals surface area contributed by atoms with E-state index in [1.54, 1.807) is 36.4 Å². The predicted molar refractivity (Wildman–Crippen MR) is 71.1 cm³/mol. The van der Waals surface area contributed by atoms with E-state index < -0.39 is 5.97 Å². The molecule has 0 amide bonds. The van der Waals surface area contributed by atoms with Crippen LogP contribution < -0.4 is 5.73 Å². The standard InChI is InChI=1S/C15H14FNO2/c16-14-5-4-11(9-17)7-13(14)12-3-1-2-10(6-12)8-15(18)19/h1-7H,8-9,17H2,(H,18,19). The van der Waals surface area contributed by atoms with E-state index >= 15 is 0 Å². The molecule has 0 heterocycles. The van der Waals surface area contributed by atoms with Gasteiger partial charge in [-0.1, -0.05) is 30.3 Å². The normalized spacial score (nSPS) is 10.4. The molecular weight excluding hydrogens is 245 g/mol. The number of carboxylic acids is 1. The molecule has 3 nitrogen and oxygen atoms in total. The number of carboxylic acid groups (broad SMARTS) is 1. The van der Waals surface area contributed by atoms with Gasteiger partial charge in [-0.2, -0.15) is 0 Å². The maximum absolute atomic E-state index is 13.8. The van der Waals surface area contributed by atoms with Crippen LogP contribution in [0.4, 0.5) is 4.39 Å². The van der Waals surface area contributed by atoms with Crippen molar-refractivity contribution in [2.45, 2.75) is 13.0 Å². The largest absolute Gasteiger partial charge is 0.481 e. The van der Waals surface area contributed by atoms with Crippen molar-refractivity contribution in [2.75, 3.05) is 0 Å². The van der Waals surface area contributed by atoms with E-state index in [9.17, 15) is 9.18 Å². The topological polar surface area (TPSA) is 63.3 Å². The minimum Gasteiger partial charge on any atom is -0.481 e. The Bertz CT molecular complexity index is 611. The maximum Gasteiger partial charge on any atom is 0.307 e. The summed E-state index contributed by atoms with van der Waals surface area (Å²) in [7, 11) is 0. The van der Waals surface area contributed by atoms with Crippen LogP contribution in [0.5, 0.6) is 0 Å². The number of hydrogen-bond acceptors (Lipinski definition) is 2. The Labute approximate surface area is 110 Å². The van der Waals surface area contributed by atoms with Gasteiger partial charge in [0.25, 0.3) is 0 Å². The summed E-state index contributed by atoms with van der Waals surface area (Å²) >= 11 is 0. The molecule has 0 aliphatic carbocycles. The Morgan fingerprint density at radius 2 is 1.95 bits per heavy atom. The van der Waals surface area contributed by atoms with Crippen LogP contribution in [0.3, 0.4) is 0 Å². The zero-order chi connectivity index (χ0) is 13.8. The number of carbonyl (C=O) groups is 1. The maximum atomic E-state index is 13.8. The molecule has 2 aromatic carbocycles. The van der Waals surface area contributed by atoms with E-state index in [0.29, 0.717) is 23.2 Å². The minimum absolute atomic E-state index is 0.0773. The third-order valence-electron chi connectivity index (χ3n) is 2.86. The molecular formula is C15H14FNO2. The molecule has 0 unspecified atom stereocenters. The van der Waals surface area contributed by atoms with Gasteiger partial charge in [0, 0.05) is 12.1 Å². The molecule has 0 bridgehead atoms. The van der Waals surface area contributed by atoms with Gasteiger partial charge in [-0.15, -0.1) is 0 Å².